The van der Waals surface area contributed by atoms with E-state index in [0.717, 1.165) is 18.5 Å². The minimum atomic E-state index is -0.417. The van der Waals surface area contributed by atoms with Crippen LogP contribution >= 0.6 is 11.6 Å². The van der Waals surface area contributed by atoms with E-state index in [4.69, 9.17) is 11.6 Å². The van der Waals surface area contributed by atoms with Crippen molar-refractivity contribution in [2.75, 3.05) is 5.32 Å². The first-order chi connectivity index (χ1) is 10.1. The Morgan fingerprint density at radius 3 is 2.52 bits per heavy atom. The van der Waals surface area contributed by atoms with E-state index >= 15 is 0 Å². The summed E-state index contributed by atoms with van der Waals surface area (Å²) in [6.07, 6.45) is 2.19. The summed E-state index contributed by atoms with van der Waals surface area (Å²) in [5.74, 6) is 0. The first kappa shape index (κ1) is 15.3. The maximum atomic E-state index is 10.8. The molecular formula is C16H17ClN2O2. The third kappa shape index (κ3) is 4.20. The van der Waals surface area contributed by atoms with Gasteiger partial charge in [-0.15, -0.1) is 0 Å². The van der Waals surface area contributed by atoms with Crippen LogP contribution < -0.4 is 5.32 Å². The summed E-state index contributed by atoms with van der Waals surface area (Å²) in [6.45, 7) is 2.60. The average molecular weight is 305 g/mol. The highest BCUT2D eigenvalue weighted by atomic mass is 35.5. The molecule has 0 saturated carbocycles. The zero-order valence-corrected chi connectivity index (χ0v) is 12.6. The van der Waals surface area contributed by atoms with E-state index in [0.29, 0.717) is 17.1 Å². The van der Waals surface area contributed by atoms with Crippen LogP contribution in [0.15, 0.2) is 42.5 Å². The second kappa shape index (κ2) is 7.09. The Morgan fingerprint density at radius 1 is 1.19 bits per heavy atom. The standard InChI is InChI=1S/C16H17ClN2O2/c1-2-3-12-4-6-14(7-5-12)18-11-13-10-15(19(20)21)8-9-16(13)17/h4-10,18H,2-3,11H2,1H3. The van der Waals surface area contributed by atoms with Crippen LogP contribution in [-0.2, 0) is 13.0 Å². The minimum Gasteiger partial charge on any atom is -0.381 e. The van der Waals surface area contributed by atoms with Crippen LogP contribution in [0.5, 0.6) is 0 Å². The summed E-state index contributed by atoms with van der Waals surface area (Å²) in [5, 5.41) is 14.5. The van der Waals surface area contributed by atoms with Gasteiger partial charge in [0.2, 0.25) is 0 Å². The lowest BCUT2D eigenvalue weighted by atomic mass is 10.1. The molecule has 0 spiro atoms. The molecule has 0 aliphatic rings. The lowest BCUT2D eigenvalue weighted by Gasteiger charge is -2.09. The summed E-state index contributed by atoms with van der Waals surface area (Å²) in [4.78, 5) is 10.4. The molecule has 0 radical (unpaired) electrons. The normalized spacial score (nSPS) is 10.4. The fourth-order valence-electron chi connectivity index (χ4n) is 2.09. The Hall–Kier alpha value is -2.07. The SMILES string of the molecule is CCCc1ccc(NCc2cc([N+](=O)[O-])ccc2Cl)cc1. The molecule has 21 heavy (non-hydrogen) atoms. The molecule has 1 N–H and O–H groups in total. The van der Waals surface area contributed by atoms with Gasteiger partial charge < -0.3 is 5.32 Å². The number of aryl methyl sites for hydroxylation is 1. The van der Waals surface area contributed by atoms with E-state index in [-0.39, 0.29) is 5.69 Å². The van der Waals surface area contributed by atoms with Gasteiger partial charge in [0.1, 0.15) is 0 Å². The molecule has 0 bridgehead atoms. The number of nitro benzene ring substituents is 1. The van der Waals surface area contributed by atoms with E-state index in [9.17, 15) is 10.1 Å². The van der Waals surface area contributed by atoms with Crippen LogP contribution in [0.2, 0.25) is 5.02 Å². The van der Waals surface area contributed by atoms with Gasteiger partial charge in [-0.1, -0.05) is 37.1 Å². The quantitative estimate of drug-likeness (QED) is 0.615. The predicted octanol–water partition coefficient (Wildman–Crippen LogP) is 4.81. The summed E-state index contributed by atoms with van der Waals surface area (Å²) in [5.41, 5.74) is 3.03. The van der Waals surface area contributed by atoms with Gasteiger partial charge in [0.25, 0.3) is 5.69 Å². The van der Waals surface area contributed by atoms with Gasteiger partial charge in [0, 0.05) is 29.4 Å². The van der Waals surface area contributed by atoms with Crippen molar-refractivity contribution in [3.63, 3.8) is 0 Å². The number of hydrogen-bond acceptors (Lipinski definition) is 3. The van der Waals surface area contributed by atoms with Crippen LogP contribution in [0.1, 0.15) is 24.5 Å². The van der Waals surface area contributed by atoms with Gasteiger partial charge >= 0.3 is 0 Å². The lowest BCUT2D eigenvalue weighted by Crippen LogP contribution is -2.01. The molecule has 110 valence electrons. The molecule has 0 saturated heterocycles. The maximum absolute atomic E-state index is 10.8. The Morgan fingerprint density at radius 2 is 1.90 bits per heavy atom. The summed E-state index contributed by atoms with van der Waals surface area (Å²) in [6, 6.07) is 12.7. The highest BCUT2D eigenvalue weighted by Crippen LogP contribution is 2.23. The molecule has 0 amide bonds. The minimum absolute atomic E-state index is 0.0505. The van der Waals surface area contributed by atoms with Gasteiger partial charge in [0.15, 0.2) is 0 Å². The van der Waals surface area contributed by atoms with Crippen molar-refractivity contribution >= 4 is 23.0 Å². The topological polar surface area (TPSA) is 55.2 Å². The van der Waals surface area contributed by atoms with Crippen LogP contribution in [-0.4, -0.2) is 4.92 Å². The van der Waals surface area contributed by atoms with Crippen LogP contribution in [0, 0.1) is 10.1 Å². The van der Waals surface area contributed by atoms with Crippen molar-refractivity contribution in [2.24, 2.45) is 0 Å². The summed E-state index contributed by atoms with van der Waals surface area (Å²) in [7, 11) is 0. The molecule has 0 fully saturated rings. The highest BCUT2D eigenvalue weighted by Gasteiger charge is 2.09. The van der Waals surface area contributed by atoms with E-state index in [2.05, 4.69) is 24.4 Å². The third-order valence-corrected chi connectivity index (χ3v) is 3.58. The highest BCUT2D eigenvalue weighted by molar-refractivity contribution is 6.31. The fourth-order valence-corrected chi connectivity index (χ4v) is 2.27. The van der Waals surface area contributed by atoms with Gasteiger partial charge in [0.05, 0.1) is 4.92 Å². The van der Waals surface area contributed by atoms with Gasteiger partial charge in [-0.2, -0.15) is 0 Å². The molecule has 0 aliphatic heterocycles. The maximum Gasteiger partial charge on any atom is 0.269 e. The zero-order valence-electron chi connectivity index (χ0n) is 11.8. The number of non-ortho nitro benzene ring substituents is 1. The third-order valence-electron chi connectivity index (χ3n) is 3.22. The molecule has 2 rings (SSSR count). The Balaban J connectivity index is 2.05. The largest absolute Gasteiger partial charge is 0.381 e. The number of anilines is 1. The second-order valence-corrected chi connectivity index (χ2v) is 5.24. The monoisotopic (exact) mass is 304 g/mol. The fraction of sp³-hybridized carbons (Fsp3) is 0.250. The van der Waals surface area contributed by atoms with Crippen LogP contribution in [0.25, 0.3) is 0 Å². The lowest BCUT2D eigenvalue weighted by molar-refractivity contribution is -0.384. The van der Waals surface area contributed by atoms with Crippen LogP contribution in [0.3, 0.4) is 0 Å². The Labute approximate surface area is 128 Å². The van der Waals surface area contributed by atoms with E-state index in [1.54, 1.807) is 6.07 Å². The van der Waals surface area contributed by atoms with Crippen LogP contribution in [0.4, 0.5) is 11.4 Å². The molecule has 4 nitrogen and oxygen atoms in total. The second-order valence-electron chi connectivity index (χ2n) is 4.83. The van der Waals surface area contributed by atoms with Gasteiger partial charge in [-0.25, -0.2) is 0 Å². The number of hydrogen-bond donors (Lipinski definition) is 1. The van der Waals surface area contributed by atoms with Crippen molar-refractivity contribution in [1.82, 2.24) is 0 Å². The first-order valence-corrected chi connectivity index (χ1v) is 7.23. The van der Waals surface area contributed by atoms with E-state index < -0.39 is 4.92 Å². The number of benzene rings is 2. The molecular weight excluding hydrogens is 288 g/mol. The Kier molecular flexibility index (Phi) is 5.17. The first-order valence-electron chi connectivity index (χ1n) is 6.85. The number of nitro groups is 1. The summed E-state index contributed by atoms with van der Waals surface area (Å²) >= 11 is 6.07. The van der Waals surface area contributed by atoms with Gasteiger partial charge in [-0.3, -0.25) is 10.1 Å². The van der Waals surface area contributed by atoms with Crippen molar-refractivity contribution in [2.45, 2.75) is 26.3 Å². The van der Waals surface area contributed by atoms with E-state index in [1.807, 2.05) is 12.1 Å². The molecule has 5 heteroatoms. The molecule has 0 atom stereocenters. The number of rotatable bonds is 6. The summed E-state index contributed by atoms with van der Waals surface area (Å²) < 4.78 is 0. The number of halogens is 1. The molecule has 2 aromatic rings. The van der Waals surface area contributed by atoms with E-state index in [1.165, 1.54) is 17.7 Å². The molecule has 0 unspecified atom stereocenters. The number of nitrogens with one attached hydrogen (secondary N) is 1. The van der Waals surface area contributed by atoms with Crippen molar-refractivity contribution in [3.8, 4) is 0 Å². The number of nitrogens with zero attached hydrogens (tertiary/aromatic N) is 1. The van der Waals surface area contributed by atoms with Gasteiger partial charge in [-0.05, 0) is 35.7 Å². The van der Waals surface area contributed by atoms with Crippen molar-refractivity contribution in [3.05, 3.63) is 68.7 Å². The molecule has 2 aromatic carbocycles. The van der Waals surface area contributed by atoms with Crippen molar-refractivity contribution in [1.29, 1.82) is 0 Å². The average Bonchev–Trinajstić information content (AvgIpc) is 2.48. The van der Waals surface area contributed by atoms with Crippen molar-refractivity contribution < 1.29 is 4.92 Å². The molecule has 0 heterocycles. The molecule has 0 aliphatic carbocycles. The molecule has 0 aromatic heterocycles. The smallest absolute Gasteiger partial charge is 0.269 e. The Bertz CT molecular complexity index is 627. The predicted molar refractivity (Wildman–Crippen MR) is 85.9 cm³/mol. The zero-order chi connectivity index (χ0) is 15.2.